The molecule has 0 radical (unpaired) electrons. The maximum Gasteiger partial charge on any atom is 0.205 e. The number of allylic oxidation sites excluding steroid dienone is 2. The van der Waals surface area contributed by atoms with Crippen LogP contribution in [0.5, 0.6) is 11.5 Å². The minimum atomic E-state index is -0.915. The Hall–Kier alpha value is -2.99. The van der Waals surface area contributed by atoms with Gasteiger partial charge in [0.25, 0.3) is 0 Å². The fraction of sp³-hybridized carbons (Fsp3) is 0.421. The topological polar surface area (TPSA) is 99.1 Å². The minimum absolute atomic E-state index is 0.165. The number of methoxy groups -OCH3 is 2. The summed E-state index contributed by atoms with van der Waals surface area (Å²) in [5.41, 5.74) is 0.476. The lowest BCUT2D eigenvalue weighted by atomic mass is 9.75. The van der Waals surface area contributed by atoms with Crippen molar-refractivity contribution in [2.24, 2.45) is 11.3 Å². The van der Waals surface area contributed by atoms with Crippen LogP contribution in [-0.2, 0) is 4.74 Å². The van der Waals surface area contributed by atoms with Gasteiger partial charge in [-0.3, -0.25) is 5.41 Å². The van der Waals surface area contributed by atoms with Crippen LogP contribution in [0.1, 0.15) is 32.3 Å². The number of nitriles is 2. The summed E-state index contributed by atoms with van der Waals surface area (Å²) in [6.45, 7) is 5.71. The number of benzene rings is 1. The number of nitrogens with one attached hydrogen (secondary N) is 1. The van der Waals surface area contributed by atoms with Gasteiger partial charge in [-0.15, -0.1) is 0 Å². The van der Waals surface area contributed by atoms with Gasteiger partial charge in [0.15, 0.2) is 11.5 Å². The third-order valence-corrected chi connectivity index (χ3v) is 4.09. The van der Waals surface area contributed by atoms with Crippen molar-refractivity contribution in [3.8, 4) is 23.6 Å². The molecule has 2 rings (SSSR count). The summed E-state index contributed by atoms with van der Waals surface area (Å²) >= 11 is 0. The van der Waals surface area contributed by atoms with Crippen LogP contribution in [-0.4, -0.2) is 20.1 Å². The zero-order valence-electron chi connectivity index (χ0n) is 15.0. The maximum absolute atomic E-state index is 9.81. The number of hydrogen-bond donors (Lipinski definition) is 1. The molecule has 1 aromatic rings. The van der Waals surface area contributed by atoms with Crippen molar-refractivity contribution in [2.45, 2.75) is 26.7 Å². The Morgan fingerprint density at radius 2 is 1.84 bits per heavy atom. The van der Waals surface area contributed by atoms with Crippen molar-refractivity contribution in [3.05, 3.63) is 35.1 Å². The number of rotatable bonds is 3. The molecule has 0 amide bonds. The Bertz CT molecular complexity index is 807. The molecular formula is C19H21N3O3. The molecule has 1 aliphatic heterocycles. The molecule has 130 valence electrons. The monoisotopic (exact) mass is 339 g/mol. The van der Waals surface area contributed by atoms with Gasteiger partial charge < -0.3 is 14.2 Å². The van der Waals surface area contributed by atoms with Gasteiger partial charge in [-0.05, 0) is 6.07 Å². The highest BCUT2D eigenvalue weighted by atomic mass is 16.5. The summed E-state index contributed by atoms with van der Waals surface area (Å²) < 4.78 is 16.4. The lowest BCUT2D eigenvalue weighted by molar-refractivity contribution is 0.246. The summed E-state index contributed by atoms with van der Waals surface area (Å²) in [5, 5.41) is 27.6. The minimum Gasteiger partial charge on any atom is -0.493 e. The Balaban J connectivity index is 2.82. The molecule has 0 fully saturated rings. The fourth-order valence-corrected chi connectivity index (χ4v) is 2.99. The normalized spacial score (nSPS) is 20.4. The van der Waals surface area contributed by atoms with Gasteiger partial charge in [-0.1, -0.05) is 32.9 Å². The van der Waals surface area contributed by atoms with Crippen LogP contribution >= 0.6 is 0 Å². The average molecular weight is 339 g/mol. The van der Waals surface area contributed by atoms with Crippen LogP contribution in [0.2, 0.25) is 0 Å². The van der Waals surface area contributed by atoms with E-state index in [0.29, 0.717) is 28.4 Å². The molecule has 6 nitrogen and oxygen atoms in total. The van der Waals surface area contributed by atoms with Crippen molar-refractivity contribution in [2.75, 3.05) is 14.2 Å². The molecule has 2 atom stereocenters. The Morgan fingerprint density at radius 3 is 2.32 bits per heavy atom. The quantitative estimate of drug-likeness (QED) is 0.904. The number of ether oxygens (including phenoxy) is 3. The van der Waals surface area contributed by atoms with E-state index in [1.54, 1.807) is 18.2 Å². The van der Waals surface area contributed by atoms with Crippen molar-refractivity contribution >= 4 is 5.90 Å². The predicted molar refractivity (Wildman–Crippen MR) is 92.3 cm³/mol. The molecule has 0 saturated heterocycles. The van der Waals surface area contributed by atoms with Gasteiger partial charge in [0, 0.05) is 11.0 Å². The van der Waals surface area contributed by atoms with Crippen molar-refractivity contribution in [1.82, 2.24) is 0 Å². The smallest absolute Gasteiger partial charge is 0.205 e. The first-order valence-electron chi connectivity index (χ1n) is 7.81. The van der Waals surface area contributed by atoms with E-state index in [4.69, 9.17) is 19.6 Å². The van der Waals surface area contributed by atoms with Gasteiger partial charge in [-0.2, -0.15) is 10.5 Å². The number of nitrogens with zero attached hydrogens (tertiary/aromatic N) is 2. The van der Waals surface area contributed by atoms with E-state index in [1.807, 2.05) is 20.8 Å². The van der Waals surface area contributed by atoms with Crippen LogP contribution in [0.4, 0.5) is 0 Å². The molecule has 0 aromatic heterocycles. The number of para-hydroxylation sites is 1. The Labute approximate surface area is 147 Å². The molecule has 0 spiro atoms. The first-order valence-corrected chi connectivity index (χ1v) is 7.81. The van der Waals surface area contributed by atoms with Crippen LogP contribution in [0.25, 0.3) is 0 Å². The summed E-state index contributed by atoms with van der Waals surface area (Å²) in [7, 11) is 3.03. The predicted octanol–water partition coefficient (Wildman–Crippen LogP) is 3.76. The Kier molecular flexibility index (Phi) is 5.04. The van der Waals surface area contributed by atoms with Crippen molar-refractivity contribution < 1.29 is 14.2 Å². The highest BCUT2D eigenvalue weighted by Gasteiger charge is 2.43. The molecule has 0 saturated carbocycles. The Morgan fingerprint density at radius 1 is 1.16 bits per heavy atom. The molecule has 1 aromatic carbocycles. The lowest BCUT2D eigenvalue weighted by Crippen LogP contribution is -2.33. The van der Waals surface area contributed by atoms with Crippen LogP contribution in [0.15, 0.2) is 29.5 Å². The van der Waals surface area contributed by atoms with E-state index in [2.05, 4.69) is 12.1 Å². The highest BCUT2D eigenvalue weighted by Crippen LogP contribution is 2.48. The lowest BCUT2D eigenvalue weighted by Gasteiger charge is -2.35. The van der Waals surface area contributed by atoms with E-state index < -0.39 is 17.3 Å². The van der Waals surface area contributed by atoms with Gasteiger partial charge in [-0.25, -0.2) is 0 Å². The molecular weight excluding hydrogens is 318 g/mol. The zero-order valence-corrected chi connectivity index (χ0v) is 15.0. The van der Waals surface area contributed by atoms with Crippen molar-refractivity contribution in [3.63, 3.8) is 0 Å². The third-order valence-electron chi connectivity index (χ3n) is 4.09. The van der Waals surface area contributed by atoms with Crippen LogP contribution < -0.4 is 9.47 Å². The first-order chi connectivity index (χ1) is 11.8. The second-order valence-corrected chi connectivity index (χ2v) is 6.74. The number of hydrogen-bond acceptors (Lipinski definition) is 6. The molecule has 2 unspecified atom stereocenters. The van der Waals surface area contributed by atoms with E-state index in [1.165, 1.54) is 14.2 Å². The molecule has 6 heteroatoms. The second-order valence-electron chi connectivity index (χ2n) is 6.74. The standard InChI is InChI=1S/C19H21N3O3/c1-19(2,3)17-12(9-20)15(13(10-21)18(22)25-17)11-7-6-8-14(23-4)16(11)24-5/h6-8,13,15,22H,1-5H3. The first kappa shape index (κ1) is 18.4. The molecule has 1 aliphatic rings. The van der Waals surface area contributed by atoms with E-state index >= 15 is 0 Å². The van der Waals surface area contributed by atoms with E-state index in [0.717, 1.165) is 0 Å². The highest BCUT2D eigenvalue weighted by molar-refractivity contribution is 5.84. The molecule has 1 N–H and O–H groups in total. The van der Waals surface area contributed by atoms with Crippen LogP contribution in [0.3, 0.4) is 0 Å². The molecule has 0 aliphatic carbocycles. The largest absolute Gasteiger partial charge is 0.493 e. The van der Waals surface area contributed by atoms with Crippen molar-refractivity contribution in [1.29, 1.82) is 15.9 Å². The summed E-state index contributed by atoms with van der Waals surface area (Å²) in [5.74, 6) is -0.379. The van der Waals surface area contributed by atoms with Gasteiger partial charge >= 0.3 is 0 Å². The maximum atomic E-state index is 9.81. The average Bonchev–Trinajstić information content (AvgIpc) is 2.58. The van der Waals surface area contributed by atoms with Gasteiger partial charge in [0.1, 0.15) is 11.7 Å². The van der Waals surface area contributed by atoms with E-state index in [9.17, 15) is 10.5 Å². The fourth-order valence-electron chi connectivity index (χ4n) is 2.99. The van der Waals surface area contributed by atoms with Gasteiger partial charge in [0.2, 0.25) is 5.90 Å². The second kappa shape index (κ2) is 6.86. The summed E-state index contributed by atoms with van der Waals surface area (Å²) in [6, 6.07) is 9.59. The van der Waals surface area contributed by atoms with Gasteiger partial charge in [0.05, 0.1) is 37.8 Å². The summed E-state index contributed by atoms with van der Waals surface area (Å²) in [6.07, 6.45) is 0. The van der Waals surface area contributed by atoms with E-state index in [-0.39, 0.29) is 5.90 Å². The molecule has 1 heterocycles. The molecule has 25 heavy (non-hydrogen) atoms. The summed E-state index contributed by atoms with van der Waals surface area (Å²) in [4.78, 5) is 0. The third kappa shape index (κ3) is 3.16. The van der Waals surface area contributed by atoms with Crippen LogP contribution in [0, 0.1) is 39.4 Å². The SMILES string of the molecule is COc1cccc(C2C(C#N)=C(C(C)(C)C)OC(=N)C2C#N)c1OC. The molecule has 0 bridgehead atoms. The zero-order chi connectivity index (χ0) is 18.8.